The van der Waals surface area contributed by atoms with E-state index in [1.54, 1.807) is 4.90 Å². The van der Waals surface area contributed by atoms with Gasteiger partial charge in [-0.05, 0) is 19.4 Å². The lowest BCUT2D eigenvalue weighted by atomic mass is 9.97. The third-order valence-corrected chi connectivity index (χ3v) is 3.35. The first kappa shape index (κ1) is 10.7. The number of allylic oxidation sites excluding steroid dienone is 1. The molecule has 2 heterocycles. The summed E-state index contributed by atoms with van der Waals surface area (Å²) in [5.41, 5.74) is 2.18. The van der Waals surface area contributed by atoms with Crippen molar-refractivity contribution in [3.05, 3.63) is 48.5 Å². The quantitative estimate of drug-likeness (QED) is 0.457. The van der Waals surface area contributed by atoms with E-state index < -0.39 is 0 Å². The maximum atomic E-state index is 12.1. The fourth-order valence-corrected chi connectivity index (χ4v) is 2.06. The molecule has 1 atom stereocenters. The van der Waals surface area contributed by atoms with Crippen LogP contribution in [0.15, 0.2) is 48.5 Å². The first-order valence-corrected chi connectivity index (χ1v) is 5.28. The molecule has 84 valence electrons. The molecule has 2 aliphatic heterocycles. The lowest BCUT2D eigenvalue weighted by molar-refractivity contribution is -0.128. The van der Waals surface area contributed by atoms with Gasteiger partial charge in [0.15, 0.2) is 0 Å². The van der Waals surface area contributed by atoms with Crippen molar-refractivity contribution in [1.29, 1.82) is 0 Å². The van der Waals surface area contributed by atoms with Gasteiger partial charge in [0.05, 0.1) is 11.6 Å². The number of amides is 1. The van der Waals surface area contributed by atoms with Gasteiger partial charge in [-0.1, -0.05) is 25.3 Å². The molecule has 0 bridgehead atoms. The van der Waals surface area contributed by atoms with E-state index in [0.717, 1.165) is 17.8 Å². The Hall–Kier alpha value is -1.77. The minimum atomic E-state index is -0.0669. The number of likely N-dealkylation sites (N-methyl/N-ethyl adjacent to an activating group) is 1. The lowest BCUT2D eigenvalue weighted by Gasteiger charge is -2.44. The van der Waals surface area contributed by atoms with Crippen LogP contribution in [0.5, 0.6) is 0 Å². The second-order valence-corrected chi connectivity index (χ2v) is 4.26. The van der Waals surface area contributed by atoms with Crippen LogP contribution in [-0.2, 0) is 4.79 Å². The van der Waals surface area contributed by atoms with Gasteiger partial charge in [0.1, 0.15) is 5.82 Å². The SMILES string of the molecule is C=C1C(=C)N(C)C2=CCC(=C)C(C)N2C1=O. The zero-order chi connectivity index (χ0) is 12.0. The van der Waals surface area contributed by atoms with Crippen LogP contribution < -0.4 is 0 Å². The van der Waals surface area contributed by atoms with Gasteiger partial charge in [0, 0.05) is 12.7 Å². The number of nitrogens with zero attached hydrogens (tertiary/aromatic N) is 2. The molecular weight excluding hydrogens is 200 g/mol. The molecule has 1 amide bonds. The zero-order valence-corrected chi connectivity index (χ0v) is 9.79. The highest BCUT2D eigenvalue weighted by Crippen LogP contribution is 2.34. The summed E-state index contributed by atoms with van der Waals surface area (Å²) in [6.45, 7) is 13.6. The highest BCUT2D eigenvalue weighted by Gasteiger charge is 2.37. The predicted molar refractivity (Wildman–Crippen MR) is 64.2 cm³/mol. The zero-order valence-electron chi connectivity index (χ0n) is 9.79. The molecule has 0 aromatic heterocycles. The molecular formula is C13H16N2O. The molecule has 0 aromatic rings. The van der Waals surface area contributed by atoms with Crippen LogP contribution in [0.2, 0.25) is 0 Å². The molecule has 0 spiro atoms. The smallest absolute Gasteiger partial charge is 0.261 e. The van der Waals surface area contributed by atoms with Gasteiger partial charge in [0.25, 0.3) is 5.91 Å². The molecule has 0 radical (unpaired) electrons. The van der Waals surface area contributed by atoms with E-state index in [4.69, 9.17) is 0 Å². The second-order valence-electron chi connectivity index (χ2n) is 4.26. The van der Waals surface area contributed by atoms with Crippen LogP contribution in [0.3, 0.4) is 0 Å². The molecule has 16 heavy (non-hydrogen) atoms. The van der Waals surface area contributed by atoms with E-state index in [2.05, 4.69) is 19.7 Å². The van der Waals surface area contributed by atoms with Crippen LogP contribution >= 0.6 is 0 Å². The largest absolute Gasteiger partial charge is 0.331 e. The summed E-state index contributed by atoms with van der Waals surface area (Å²) in [6.07, 6.45) is 2.82. The third-order valence-electron chi connectivity index (χ3n) is 3.35. The molecule has 3 nitrogen and oxygen atoms in total. The first-order chi connectivity index (χ1) is 7.45. The number of rotatable bonds is 0. The van der Waals surface area contributed by atoms with E-state index in [9.17, 15) is 4.79 Å². The molecule has 3 heteroatoms. The summed E-state index contributed by atoms with van der Waals surface area (Å²) >= 11 is 0. The molecule has 0 saturated carbocycles. The van der Waals surface area contributed by atoms with Gasteiger partial charge in [-0.3, -0.25) is 9.69 Å². The summed E-state index contributed by atoms with van der Waals surface area (Å²) in [7, 11) is 1.90. The maximum Gasteiger partial charge on any atom is 0.261 e. The van der Waals surface area contributed by atoms with E-state index >= 15 is 0 Å². The minimum absolute atomic E-state index is 0.0276. The number of hydrogen-bond acceptors (Lipinski definition) is 2. The maximum absolute atomic E-state index is 12.1. The first-order valence-electron chi connectivity index (χ1n) is 5.28. The Morgan fingerprint density at radius 2 is 2.00 bits per heavy atom. The van der Waals surface area contributed by atoms with Crippen molar-refractivity contribution < 1.29 is 4.79 Å². The summed E-state index contributed by atoms with van der Waals surface area (Å²) < 4.78 is 0. The highest BCUT2D eigenvalue weighted by atomic mass is 16.2. The summed E-state index contributed by atoms with van der Waals surface area (Å²) in [6, 6.07) is 0.0276. The standard InChI is InChI=1S/C13H16N2O/c1-8-6-7-12-14(5)11(4)9(2)13(16)15(12)10(8)3/h7,10H,1-2,4,6H2,3,5H3. The number of hydrogen-bond donors (Lipinski definition) is 0. The monoisotopic (exact) mass is 216 g/mol. The number of carbonyl (C=O) groups excluding carboxylic acids is 1. The van der Waals surface area contributed by atoms with Gasteiger partial charge in [-0.25, -0.2) is 0 Å². The molecule has 1 fully saturated rings. The molecule has 0 N–H and O–H groups in total. The van der Waals surface area contributed by atoms with Crippen molar-refractivity contribution in [1.82, 2.24) is 9.80 Å². The Bertz CT molecular complexity index is 445. The number of fused-ring (bicyclic) bond motifs is 1. The average molecular weight is 216 g/mol. The Kier molecular flexibility index (Phi) is 2.26. The van der Waals surface area contributed by atoms with E-state index in [1.807, 2.05) is 24.9 Å². The highest BCUT2D eigenvalue weighted by molar-refractivity contribution is 5.99. The summed E-state index contributed by atoms with van der Waals surface area (Å²) in [4.78, 5) is 15.8. The fraction of sp³-hybridized carbons (Fsp3) is 0.308. The van der Waals surface area contributed by atoms with Crippen LogP contribution in [0.1, 0.15) is 13.3 Å². The van der Waals surface area contributed by atoms with Crippen LogP contribution in [0.4, 0.5) is 0 Å². The van der Waals surface area contributed by atoms with Crippen LogP contribution in [0, 0.1) is 0 Å². The van der Waals surface area contributed by atoms with Crippen molar-refractivity contribution in [3.63, 3.8) is 0 Å². The van der Waals surface area contributed by atoms with Crippen molar-refractivity contribution in [2.45, 2.75) is 19.4 Å². The van der Waals surface area contributed by atoms with Crippen molar-refractivity contribution in [2.24, 2.45) is 0 Å². The van der Waals surface area contributed by atoms with E-state index in [-0.39, 0.29) is 11.9 Å². The second kappa shape index (κ2) is 3.37. The van der Waals surface area contributed by atoms with Gasteiger partial charge >= 0.3 is 0 Å². The topological polar surface area (TPSA) is 23.6 Å². The molecule has 1 saturated heterocycles. The molecule has 2 aliphatic rings. The van der Waals surface area contributed by atoms with Gasteiger partial charge in [0.2, 0.25) is 0 Å². The van der Waals surface area contributed by atoms with E-state index in [1.165, 1.54) is 0 Å². The lowest BCUT2D eigenvalue weighted by Crippen LogP contribution is -2.50. The summed E-state index contributed by atoms with van der Waals surface area (Å²) in [5.74, 6) is 0.824. The Morgan fingerprint density at radius 3 is 2.62 bits per heavy atom. The van der Waals surface area contributed by atoms with Crippen LogP contribution in [-0.4, -0.2) is 28.8 Å². The molecule has 0 aliphatic carbocycles. The Labute approximate surface area is 96.0 Å². The minimum Gasteiger partial charge on any atom is -0.331 e. The Balaban J connectivity index is 2.51. The average Bonchev–Trinajstić information content (AvgIpc) is 2.27. The van der Waals surface area contributed by atoms with Gasteiger partial charge < -0.3 is 4.90 Å². The van der Waals surface area contributed by atoms with Crippen LogP contribution in [0.25, 0.3) is 0 Å². The molecule has 0 aromatic carbocycles. The Morgan fingerprint density at radius 1 is 1.38 bits per heavy atom. The van der Waals surface area contributed by atoms with E-state index in [0.29, 0.717) is 11.3 Å². The fourth-order valence-electron chi connectivity index (χ4n) is 2.06. The molecule has 1 unspecified atom stereocenters. The third kappa shape index (κ3) is 1.24. The van der Waals surface area contributed by atoms with Crippen molar-refractivity contribution in [3.8, 4) is 0 Å². The predicted octanol–water partition coefficient (Wildman–Crippen LogP) is 2.02. The van der Waals surface area contributed by atoms with Crippen molar-refractivity contribution >= 4 is 5.91 Å². The number of carbonyl (C=O) groups is 1. The van der Waals surface area contributed by atoms with Gasteiger partial charge in [-0.15, -0.1) is 0 Å². The molecule has 2 rings (SSSR count). The normalized spacial score (nSPS) is 25.9. The van der Waals surface area contributed by atoms with Gasteiger partial charge in [-0.2, -0.15) is 0 Å². The van der Waals surface area contributed by atoms with Crippen molar-refractivity contribution in [2.75, 3.05) is 7.05 Å². The summed E-state index contributed by atoms with van der Waals surface area (Å²) in [5, 5.41) is 0.